The van der Waals surface area contributed by atoms with E-state index >= 15 is 0 Å². The molecular formula is C11H15ClN2O3. The van der Waals surface area contributed by atoms with E-state index in [1.165, 1.54) is 12.3 Å². The van der Waals surface area contributed by atoms with Crippen molar-refractivity contribution < 1.29 is 13.9 Å². The molecule has 5 nitrogen and oxygen atoms in total. The molecule has 0 aliphatic heterocycles. The Bertz CT molecular complexity index is 405. The lowest BCUT2D eigenvalue weighted by Crippen LogP contribution is -2.64. The number of furan rings is 1. The molecule has 0 bridgehead atoms. The Kier molecular flexibility index (Phi) is 3.71. The van der Waals surface area contributed by atoms with Crippen molar-refractivity contribution in [1.82, 2.24) is 5.32 Å². The van der Waals surface area contributed by atoms with Crippen LogP contribution in [-0.2, 0) is 4.74 Å². The van der Waals surface area contributed by atoms with Crippen LogP contribution < -0.4 is 11.1 Å². The van der Waals surface area contributed by atoms with E-state index in [9.17, 15) is 4.79 Å². The highest BCUT2D eigenvalue weighted by molar-refractivity contribution is 6.32. The molecule has 0 aromatic carbocycles. The second-order valence-corrected chi connectivity index (χ2v) is 4.34. The first-order valence-electron chi connectivity index (χ1n) is 5.54. The number of ether oxygens (including phenoxy) is 1. The minimum atomic E-state index is -0.284. The molecular weight excluding hydrogens is 244 g/mol. The maximum Gasteiger partial charge on any atom is 0.256 e. The van der Waals surface area contributed by atoms with Crippen molar-refractivity contribution in [3.05, 3.63) is 23.1 Å². The van der Waals surface area contributed by atoms with E-state index in [2.05, 4.69) is 5.32 Å². The van der Waals surface area contributed by atoms with Crippen LogP contribution in [0.3, 0.4) is 0 Å². The summed E-state index contributed by atoms with van der Waals surface area (Å²) in [5.74, 6) is -0.284. The molecule has 2 rings (SSSR count). The van der Waals surface area contributed by atoms with Gasteiger partial charge in [0.05, 0.1) is 24.0 Å². The minimum Gasteiger partial charge on any atom is -0.452 e. The van der Waals surface area contributed by atoms with Crippen molar-refractivity contribution in [3.63, 3.8) is 0 Å². The number of rotatable bonds is 4. The zero-order valence-corrected chi connectivity index (χ0v) is 10.2. The highest BCUT2D eigenvalue weighted by Crippen LogP contribution is 2.24. The summed E-state index contributed by atoms with van der Waals surface area (Å²) in [6.45, 7) is 2.52. The monoisotopic (exact) mass is 258 g/mol. The number of nitrogens with two attached hydrogens (primary N) is 1. The van der Waals surface area contributed by atoms with E-state index in [1.54, 1.807) is 0 Å². The van der Waals surface area contributed by atoms with E-state index in [1.807, 2.05) is 6.92 Å². The summed E-state index contributed by atoms with van der Waals surface area (Å²) in [7, 11) is 0. The largest absolute Gasteiger partial charge is 0.452 e. The number of carbonyl (C=O) groups excluding carboxylic acids is 1. The SMILES string of the molecule is CCOC1CC(N)C1NC(=O)c1ccoc1Cl. The maximum absolute atomic E-state index is 11.9. The number of carbonyl (C=O) groups is 1. The van der Waals surface area contributed by atoms with Crippen molar-refractivity contribution in [3.8, 4) is 0 Å². The molecule has 1 aliphatic carbocycles. The van der Waals surface area contributed by atoms with Crippen LogP contribution in [0.5, 0.6) is 0 Å². The molecule has 1 aromatic heterocycles. The van der Waals surface area contributed by atoms with E-state index in [-0.39, 0.29) is 29.3 Å². The van der Waals surface area contributed by atoms with E-state index in [4.69, 9.17) is 26.5 Å². The van der Waals surface area contributed by atoms with E-state index in [0.717, 1.165) is 6.42 Å². The van der Waals surface area contributed by atoms with Crippen LogP contribution in [0.25, 0.3) is 0 Å². The third-order valence-corrected chi connectivity index (χ3v) is 3.20. The molecule has 3 N–H and O–H groups in total. The van der Waals surface area contributed by atoms with Crippen LogP contribution in [0.2, 0.25) is 5.22 Å². The summed E-state index contributed by atoms with van der Waals surface area (Å²) in [6, 6.07) is 1.30. The van der Waals surface area contributed by atoms with Crippen LogP contribution in [0.4, 0.5) is 0 Å². The van der Waals surface area contributed by atoms with Gasteiger partial charge in [0, 0.05) is 12.6 Å². The quantitative estimate of drug-likeness (QED) is 0.850. The van der Waals surface area contributed by atoms with Gasteiger partial charge in [0.15, 0.2) is 0 Å². The lowest BCUT2D eigenvalue weighted by Gasteiger charge is -2.42. The molecule has 0 radical (unpaired) electrons. The number of nitrogens with one attached hydrogen (secondary N) is 1. The molecule has 1 saturated carbocycles. The lowest BCUT2D eigenvalue weighted by molar-refractivity contribution is -0.0300. The molecule has 1 amide bonds. The molecule has 1 aromatic rings. The average Bonchev–Trinajstić information content (AvgIpc) is 2.72. The van der Waals surface area contributed by atoms with Gasteiger partial charge >= 0.3 is 0 Å². The van der Waals surface area contributed by atoms with Crippen molar-refractivity contribution in [2.75, 3.05) is 6.61 Å². The molecule has 6 heteroatoms. The van der Waals surface area contributed by atoms with Gasteiger partial charge in [-0.05, 0) is 31.0 Å². The summed E-state index contributed by atoms with van der Waals surface area (Å²) < 4.78 is 10.3. The van der Waals surface area contributed by atoms with Gasteiger partial charge in [-0.2, -0.15) is 0 Å². The zero-order chi connectivity index (χ0) is 12.4. The van der Waals surface area contributed by atoms with Gasteiger partial charge in [-0.15, -0.1) is 0 Å². The molecule has 3 atom stereocenters. The molecule has 3 unspecified atom stereocenters. The third-order valence-electron chi connectivity index (χ3n) is 2.91. The van der Waals surface area contributed by atoms with Crippen LogP contribution in [-0.4, -0.2) is 30.7 Å². The lowest BCUT2D eigenvalue weighted by atomic mass is 9.83. The summed E-state index contributed by atoms with van der Waals surface area (Å²) in [6.07, 6.45) is 2.13. The first kappa shape index (κ1) is 12.4. The summed E-state index contributed by atoms with van der Waals surface area (Å²) in [5, 5.41) is 2.90. The summed E-state index contributed by atoms with van der Waals surface area (Å²) in [4.78, 5) is 11.9. The molecule has 0 saturated heterocycles. The van der Waals surface area contributed by atoms with Gasteiger partial charge in [-0.1, -0.05) is 0 Å². The van der Waals surface area contributed by atoms with Gasteiger partial charge in [0.2, 0.25) is 5.22 Å². The summed E-state index contributed by atoms with van der Waals surface area (Å²) in [5.41, 5.74) is 6.15. The van der Waals surface area contributed by atoms with Crippen LogP contribution in [0.15, 0.2) is 16.7 Å². The van der Waals surface area contributed by atoms with Gasteiger partial charge in [-0.3, -0.25) is 4.79 Å². The molecule has 17 heavy (non-hydrogen) atoms. The van der Waals surface area contributed by atoms with E-state index in [0.29, 0.717) is 12.2 Å². The first-order chi connectivity index (χ1) is 8.13. The smallest absolute Gasteiger partial charge is 0.256 e. The Labute approximate surface area is 104 Å². The standard InChI is InChI=1S/C11H15ClN2O3/c1-2-16-8-5-7(13)9(8)14-11(15)6-3-4-17-10(6)12/h3-4,7-9H,2,5,13H2,1H3,(H,14,15). The van der Waals surface area contributed by atoms with Crippen LogP contribution >= 0.6 is 11.6 Å². The predicted molar refractivity (Wildman–Crippen MR) is 63.0 cm³/mol. The Hall–Kier alpha value is -1.04. The normalized spacial score (nSPS) is 27.6. The van der Waals surface area contributed by atoms with Gasteiger partial charge in [-0.25, -0.2) is 0 Å². The Morgan fingerprint density at radius 1 is 1.76 bits per heavy atom. The first-order valence-corrected chi connectivity index (χ1v) is 5.92. The Balaban J connectivity index is 1.97. The van der Waals surface area contributed by atoms with Crippen molar-refractivity contribution in [2.24, 2.45) is 5.73 Å². The zero-order valence-electron chi connectivity index (χ0n) is 9.48. The highest BCUT2D eigenvalue weighted by Gasteiger charge is 2.40. The van der Waals surface area contributed by atoms with Gasteiger partial charge in [0.1, 0.15) is 0 Å². The predicted octanol–water partition coefficient (Wildman–Crippen LogP) is 1.17. The second-order valence-electron chi connectivity index (χ2n) is 4.00. The van der Waals surface area contributed by atoms with Crippen LogP contribution in [0, 0.1) is 0 Å². The van der Waals surface area contributed by atoms with Crippen LogP contribution in [0.1, 0.15) is 23.7 Å². The Morgan fingerprint density at radius 3 is 3.06 bits per heavy atom. The van der Waals surface area contributed by atoms with Gasteiger partial charge < -0.3 is 20.2 Å². The molecule has 1 heterocycles. The van der Waals surface area contributed by atoms with Gasteiger partial charge in [0.25, 0.3) is 5.91 Å². The fraction of sp³-hybridized carbons (Fsp3) is 0.545. The summed E-state index contributed by atoms with van der Waals surface area (Å²) >= 11 is 5.72. The maximum atomic E-state index is 11.9. The highest BCUT2D eigenvalue weighted by atomic mass is 35.5. The fourth-order valence-corrected chi connectivity index (χ4v) is 2.11. The van der Waals surface area contributed by atoms with E-state index < -0.39 is 0 Å². The number of hydrogen-bond acceptors (Lipinski definition) is 4. The fourth-order valence-electron chi connectivity index (χ4n) is 1.91. The Morgan fingerprint density at radius 2 is 2.53 bits per heavy atom. The third kappa shape index (κ3) is 2.46. The topological polar surface area (TPSA) is 77.5 Å². The average molecular weight is 259 g/mol. The second kappa shape index (κ2) is 5.08. The molecule has 1 fully saturated rings. The van der Waals surface area contributed by atoms with Crippen molar-refractivity contribution in [2.45, 2.75) is 31.5 Å². The molecule has 94 valence electrons. The number of amides is 1. The molecule has 0 spiro atoms. The number of hydrogen-bond donors (Lipinski definition) is 2. The molecule has 1 aliphatic rings. The van der Waals surface area contributed by atoms with Crippen molar-refractivity contribution in [1.29, 1.82) is 0 Å². The van der Waals surface area contributed by atoms with Crippen molar-refractivity contribution >= 4 is 17.5 Å². The number of halogens is 1. The minimum absolute atomic E-state index is 0.00961.